The van der Waals surface area contributed by atoms with Crippen LogP contribution < -0.4 is 19.7 Å². The summed E-state index contributed by atoms with van der Waals surface area (Å²) in [6.07, 6.45) is -0.0473. The lowest BCUT2D eigenvalue weighted by molar-refractivity contribution is -0.135. The Bertz CT molecular complexity index is 974. The number of carbonyl (C=O) groups excluding carboxylic acids is 3. The van der Waals surface area contributed by atoms with Crippen molar-refractivity contribution < 1.29 is 23.9 Å². The highest BCUT2D eigenvalue weighted by Crippen LogP contribution is 2.24. The number of imide groups is 1. The van der Waals surface area contributed by atoms with Gasteiger partial charge in [0.1, 0.15) is 24.1 Å². The van der Waals surface area contributed by atoms with Crippen molar-refractivity contribution in [3.05, 3.63) is 54.6 Å². The van der Waals surface area contributed by atoms with Gasteiger partial charge in [0.05, 0.1) is 19.2 Å². The van der Waals surface area contributed by atoms with Gasteiger partial charge in [-0.15, -0.1) is 0 Å². The second-order valence-corrected chi connectivity index (χ2v) is 7.96. The van der Waals surface area contributed by atoms with E-state index in [9.17, 15) is 14.4 Å². The van der Waals surface area contributed by atoms with Crippen LogP contribution in [-0.2, 0) is 9.59 Å². The second kappa shape index (κ2) is 10.4. The fraction of sp³-hybridized carbons (Fsp3) is 0.375. The number of benzene rings is 2. The predicted molar refractivity (Wildman–Crippen MR) is 122 cm³/mol. The van der Waals surface area contributed by atoms with E-state index in [1.807, 2.05) is 30.3 Å². The van der Waals surface area contributed by atoms with Crippen molar-refractivity contribution in [3.8, 4) is 11.5 Å². The third kappa shape index (κ3) is 5.43. The van der Waals surface area contributed by atoms with Gasteiger partial charge in [-0.25, -0.2) is 9.69 Å². The Morgan fingerprint density at radius 3 is 2.33 bits per heavy atom. The molecule has 2 aromatic carbocycles. The van der Waals surface area contributed by atoms with Crippen LogP contribution in [0.25, 0.3) is 0 Å². The fourth-order valence-corrected chi connectivity index (χ4v) is 3.98. The lowest BCUT2D eigenvalue weighted by Crippen LogP contribution is -2.50. The van der Waals surface area contributed by atoms with Gasteiger partial charge in [-0.05, 0) is 36.4 Å². The number of ether oxygens (including phenoxy) is 2. The number of urea groups is 1. The van der Waals surface area contributed by atoms with Crippen LogP contribution in [0.3, 0.4) is 0 Å². The molecule has 0 aliphatic carbocycles. The molecule has 0 saturated carbocycles. The summed E-state index contributed by atoms with van der Waals surface area (Å²) in [5.74, 6) is 0.919. The monoisotopic (exact) mass is 452 g/mol. The van der Waals surface area contributed by atoms with E-state index in [1.165, 1.54) is 0 Å². The van der Waals surface area contributed by atoms with Crippen LogP contribution in [0.4, 0.5) is 10.5 Å². The number of carbonyl (C=O) groups is 3. The summed E-state index contributed by atoms with van der Waals surface area (Å²) in [5, 5.41) is 2.63. The van der Waals surface area contributed by atoms with E-state index in [-0.39, 0.29) is 12.3 Å². The fourth-order valence-electron chi connectivity index (χ4n) is 3.98. The van der Waals surface area contributed by atoms with Gasteiger partial charge >= 0.3 is 6.03 Å². The highest BCUT2D eigenvalue weighted by atomic mass is 16.5. The van der Waals surface area contributed by atoms with Crippen LogP contribution in [0.15, 0.2) is 54.6 Å². The van der Waals surface area contributed by atoms with E-state index >= 15 is 0 Å². The Hall–Kier alpha value is -3.59. The Labute approximate surface area is 192 Å². The van der Waals surface area contributed by atoms with Crippen LogP contribution in [-0.4, -0.2) is 80.1 Å². The largest absolute Gasteiger partial charge is 0.497 e. The Kier molecular flexibility index (Phi) is 7.09. The highest BCUT2D eigenvalue weighted by Gasteiger charge is 2.40. The molecular formula is C24H28N4O5. The molecule has 9 nitrogen and oxygen atoms in total. The minimum atomic E-state index is -0.857. The third-order valence-corrected chi connectivity index (χ3v) is 5.87. The first-order chi connectivity index (χ1) is 16.0. The van der Waals surface area contributed by atoms with Crippen LogP contribution in [0.5, 0.6) is 11.5 Å². The number of rotatable bonds is 8. The van der Waals surface area contributed by atoms with Gasteiger partial charge in [0.15, 0.2) is 0 Å². The number of nitrogens with one attached hydrogen (secondary N) is 1. The lowest BCUT2D eigenvalue weighted by atomic mass is 10.1. The molecule has 4 amide bonds. The molecule has 174 valence electrons. The summed E-state index contributed by atoms with van der Waals surface area (Å²) < 4.78 is 10.9. The lowest BCUT2D eigenvalue weighted by Gasteiger charge is -2.35. The smallest absolute Gasteiger partial charge is 0.329 e. The Morgan fingerprint density at radius 2 is 1.67 bits per heavy atom. The molecule has 0 bridgehead atoms. The quantitative estimate of drug-likeness (QED) is 0.614. The summed E-state index contributed by atoms with van der Waals surface area (Å²) in [5.41, 5.74) is 0.444. The zero-order chi connectivity index (χ0) is 23.2. The molecule has 33 heavy (non-hydrogen) atoms. The van der Waals surface area contributed by atoms with Crippen molar-refractivity contribution >= 4 is 23.5 Å². The Balaban J connectivity index is 1.23. The van der Waals surface area contributed by atoms with Crippen LogP contribution in [0, 0.1) is 0 Å². The molecular weight excluding hydrogens is 424 g/mol. The summed E-state index contributed by atoms with van der Waals surface area (Å²) >= 11 is 0. The van der Waals surface area contributed by atoms with Crippen LogP contribution >= 0.6 is 0 Å². The minimum Gasteiger partial charge on any atom is -0.497 e. The molecule has 4 rings (SSSR count). The number of hydrogen-bond donors (Lipinski definition) is 1. The summed E-state index contributed by atoms with van der Waals surface area (Å²) in [6, 6.07) is 14.9. The molecule has 2 saturated heterocycles. The molecule has 0 unspecified atom stereocenters. The number of para-hydroxylation sites is 1. The maximum Gasteiger partial charge on any atom is 0.329 e. The molecule has 2 fully saturated rings. The van der Waals surface area contributed by atoms with Crippen LogP contribution in [0.1, 0.15) is 6.42 Å². The van der Waals surface area contributed by atoms with Crippen molar-refractivity contribution in [1.29, 1.82) is 0 Å². The molecule has 0 aromatic heterocycles. The van der Waals surface area contributed by atoms with E-state index in [0.717, 1.165) is 30.3 Å². The molecule has 2 aliphatic heterocycles. The third-order valence-electron chi connectivity index (χ3n) is 5.87. The summed E-state index contributed by atoms with van der Waals surface area (Å²) in [4.78, 5) is 43.0. The maximum atomic E-state index is 12.8. The molecule has 0 spiro atoms. The SMILES string of the molecule is COc1ccc(N2C(=O)N[C@@H](CC(=O)N3CCN(CCOc4ccccc4)CC3)C2=O)cc1. The number of piperazine rings is 1. The predicted octanol–water partition coefficient (Wildman–Crippen LogP) is 1.73. The molecule has 9 heteroatoms. The normalized spacial score (nSPS) is 18.9. The van der Waals surface area contributed by atoms with E-state index in [2.05, 4.69) is 10.2 Å². The first-order valence-electron chi connectivity index (χ1n) is 11.0. The number of amides is 4. The molecule has 0 radical (unpaired) electrons. The molecule has 1 N–H and O–H groups in total. The summed E-state index contributed by atoms with van der Waals surface area (Å²) in [6.45, 7) is 4.02. The topological polar surface area (TPSA) is 91.4 Å². The highest BCUT2D eigenvalue weighted by molar-refractivity contribution is 6.22. The standard InChI is InChI=1S/C24H28N4O5/c1-32-19-9-7-18(8-10-19)28-23(30)21(25-24(28)31)17-22(29)27-13-11-26(12-14-27)15-16-33-20-5-3-2-4-6-20/h2-10,21H,11-17H2,1H3,(H,25,31)/t21-/m0/s1. The van der Waals surface area contributed by atoms with Gasteiger partial charge in [-0.2, -0.15) is 0 Å². The molecule has 1 atom stereocenters. The van der Waals surface area contributed by atoms with Crippen molar-refractivity contribution in [2.45, 2.75) is 12.5 Å². The first kappa shape index (κ1) is 22.6. The van der Waals surface area contributed by atoms with Gasteiger partial charge < -0.3 is 19.7 Å². The molecule has 2 aromatic rings. The molecule has 2 heterocycles. The van der Waals surface area contributed by atoms with Gasteiger partial charge in [0.2, 0.25) is 5.91 Å². The average molecular weight is 453 g/mol. The van der Waals surface area contributed by atoms with Gasteiger partial charge in [-0.1, -0.05) is 18.2 Å². The van der Waals surface area contributed by atoms with Gasteiger partial charge in [-0.3, -0.25) is 14.5 Å². The van der Waals surface area contributed by atoms with Crippen molar-refractivity contribution in [2.24, 2.45) is 0 Å². The maximum absolute atomic E-state index is 12.8. The van der Waals surface area contributed by atoms with Crippen LogP contribution in [0.2, 0.25) is 0 Å². The Morgan fingerprint density at radius 1 is 0.970 bits per heavy atom. The average Bonchev–Trinajstić information content (AvgIpc) is 3.12. The number of hydrogen-bond acceptors (Lipinski definition) is 6. The van der Waals surface area contributed by atoms with Crippen molar-refractivity contribution in [3.63, 3.8) is 0 Å². The van der Waals surface area contributed by atoms with E-state index in [4.69, 9.17) is 9.47 Å². The zero-order valence-corrected chi connectivity index (χ0v) is 18.6. The zero-order valence-electron chi connectivity index (χ0n) is 18.6. The number of anilines is 1. The van der Waals surface area contributed by atoms with Gasteiger partial charge in [0.25, 0.3) is 5.91 Å². The number of nitrogens with zero attached hydrogens (tertiary/aromatic N) is 3. The number of methoxy groups -OCH3 is 1. The van der Waals surface area contributed by atoms with E-state index in [1.54, 1.807) is 36.3 Å². The van der Waals surface area contributed by atoms with Gasteiger partial charge in [0, 0.05) is 32.7 Å². The molecule has 2 aliphatic rings. The first-order valence-corrected chi connectivity index (χ1v) is 11.0. The van der Waals surface area contributed by atoms with Crippen molar-refractivity contribution in [2.75, 3.05) is 51.3 Å². The van der Waals surface area contributed by atoms with E-state index in [0.29, 0.717) is 31.1 Å². The van der Waals surface area contributed by atoms with E-state index < -0.39 is 18.0 Å². The minimum absolute atomic E-state index is 0.0473. The second-order valence-electron chi connectivity index (χ2n) is 7.96. The van der Waals surface area contributed by atoms with Crippen molar-refractivity contribution in [1.82, 2.24) is 15.1 Å². The summed E-state index contributed by atoms with van der Waals surface area (Å²) in [7, 11) is 1.54.